The molecule has 0 saturated carbocycles. The third-order valence-electron chi connectivity index (χ3n) is 5.51. The van der Waals surface area contributed by atoms with Gasteiger partial charge < -0.3 is 24.2 Å². The van der Waals surface area contributed by atoms with Gasteiger partial charge in [0.05, 0.1) is 21.3 Å². The highest BCUT2D eigenvalue weighted by atomic mass is 16.5. The van der Waals surface area contributed by atoms with Gasteiger partial charge in [0.15, 0.2) is 17.3 Å². The minimum atomic E-state index is -0.353. The topological polar surface area (TPSA) is 68.2 Å². The molecule has 0 aromatic heterocycles. The van der Waals surface area contributed by atoms with Crippen molar-refractivity contribution in [3.63, 3.8) is 0 Å². The number of phenols is 1. The molecule has 1 aliphatic heterocycles. The molecule has 0 atom stereocenters. The third-order valence-corrected chi connectivity index (χ3v) is 5.51. The Balaban J connectivity index is 2.03. The number of benzene rings is 2. The van der Waals surface area contributed by atoms with Gasteiger partial charge in [0, 0.05) is 24.2 Å². The van der Waals surface area contributed by atoms with Crippen molar-refractivity contribution >= 4 is 17.4 Å². The monoisotopic (exact) mass is 423 g/mol. The summed E-state index contributed by atoms with van der Waals surface area (Å²) in [4.78, 5) is 15.3. The number of ketones is 1. The first kappa shape index (κ1) is 22.4. The fraction of sp³-hybridized carbons (Fsp3) is 0.320. The third kappa shape index (κ3) is 4.59. The number of para-hydroxylation sites is 1. The molecular formula is C25H29NO5. The standard InChI is InChI=1S/C25H29NO5/c1-16-15-21(30-4)23(24(28)22(16)17-11-13-26(2)14-12-17)19(27)10-9-18-7-6-8-20(29-3)25(18)31-5/h6-11,15,28H,12-14H2,1-5H3/b10-9+. The Morgan fingerprint density at radius 3 is 2.48 bits per heavy atom. The number of hydrogen-bond acceptors (Lipinski definition) is 6. The maximum absolute atomic E-state index is 13.1. The average Bonchev–Trinajstić information content (AvgIpc) is 2.77. The Kier molecular flexibility index (Phi) is 7.02. The second-order valence-corrected chi connectivity index (χ2v) is 7.52. The minimum absolute atomic E-state index is 0.0417. The number of likely N-dealkylation sites (N-methyl/N-ethyl adjacent to an activating group) is 1. The number of hydrogen-bond donors (Lipinski definition) is 1. The van der Waals surface area contributed by atoms with Gasteiger partial charge in [-0.05, 0) is 55.8 Å². The van der Waals surface area contributed by atoms with Crippen LogP contribution in [0.1, 0.15) is 33.5 Å². The van der Waals surface area contributed by atoms with E-state index in [0.717, 1.165) is 30.6 Å². The summed E-state index contributed by atoms with van der Waals surface area (Å²) in [5, 5.41) is 11.1. The molecule has 6 heteroatoms. The smallest absolute Gasteiger partial charge is 0.193 e. The lowest BCUT2D eigenvalue weighted by atomic mass is 9.90. The van der Waals surface area contributed by atoms with Crippen LogP contribution in [0, 0.1) is 6.92 Å². The summed E-state index contributed by atoms with van der Waals surface area (Å²) >= 11 is 0. The van der Waals surface area contributed by atoms with E-state index in [1.54, 1.807) is 32.4 Å². The number of carbonyl (C=O) groups is 1. The first-order valence-corrected chi connectivity index (χ1v) is 10.1. The van der Waals surface area contributed by atoms with Crippen LogP contribution < -0.4 is 14.2 Å². The zero-order chi connectivity index (χ0) is 22.5. The van der Waals surface area contributed by atoms with E-state index < -0.39 is 0 Å². The fourth-order valence-electron chi connectivity index (χ4n) is 3.86. The highest BCUT2D eigenvalue weighted by molar-refractivity contribution is 6.11. The molecule has 1 N–H and O–H groups in total. The average molecular weight is 424 g/mol. The quantitative estimate of drug-likeness (QED) is 0.528. The molecule has 1 aliphatic rings. The van der Waals surface area contributed by atoms with Crippen molar-refractivity contribution in [2.45, 2.75) is 13.3 Å². The van der Waals surface area contributed by atoms with E-state index in [2.05, 4.69) is 18.0 Å². The number of nitrogens with zero attached hydrogens (tertiary/aromatic N) is 1. The predicted molar refractivity (Wildman–Crippen MR) is 122 cm³/mol. The van der Waals surface area contributed by atoms with Gasteiger partial charge in [-0.25, -0.2) is 0 Å². The number of aromatic hydroxyl groups is 1. The zero-order valence-corrected chi connectivity index (χ0v) is 18.7. The van der Waals surface area contributed by atoms with Gasteiger partial charge in [-0.2, -0.15) is 0 Å². The van der Waals surface area contributed by atoms with Crippen LogP contribution in [0.3, 0.4) is 0 Å². The summed E-state index contributed by atoms with van der Waals surface area (Å²) in [6.07, 6.45) is 5.97. The van der Waals surface area contributed by atoms with Gasteiger partial charge in [0.1, 0.15) is 17.1 Å². The Bertz CT molecular complexity index is 1040. The van der Waals surface area contributed by atoms with Crippen LogP contribution in [0.5, 0.6) is 23.0 Å². The fourth-order valence-corrected chi connectivity index (χ4v) is 3.86. The zero-order valence-electron chi connectivity index (χ0n) is 18.7. The molecule has 0 fully saturated rings. The maximum atomic E-state index is 13.1. The Labute approximate surface area is 183 Å². The van der Waals surface area contributed by atoms with Crippen LogP contribution in [0.4, 0.5) is 0 Å². The normalized spacial score (nSPS) is 14.4. The second kappa shape index (κ2) is 9.71. The summed E-state index contributed by atoms with van der Waals surface area (Å²) in [6.45, 7) is 3.62. The molecule has 0 saturated heterocycles. The van der Waals surface area contributed by atoms with E-state index in [4.69, 9.17) is 14.2 Å². The molecule has 0 bridgehead atoms. The van der Waals surface area contributed by atoms with Crippen LogP contribution in [-0.4, -0.2) is 57.3 Å². The van der Waals surface area contributed by atoms with Crippen LogP contribution in [0.2, 0.25) is 0 Å². The van der Waals surface area contributed by atoms with Gasteiger partial charge in [0.25, 0.3) is 0 Å². The number of rotatable bonds is 7. The SMILES string of the molecule is COc1cccc(/C=C/C(=O)c2c(OC)cc(C)c(C3=CCN(C)CC3)c2O)c1OC. The van der Waals surface area contributed by atoms with Gasteiger partial charge in [-0.3, -0.25) is 4.79 Å². The molecule has 3 rings (SSSR count). The van der Waals surface area contributed by atoms with Crippen molar-refractivity contribution in [3.05, 3.63) is 58.7 Å². The highest BCUT2D eigenvalue weighted by Gasteiger charge is 2.24. The Morgan fingerprint density at radius 1 is 1.13 bits per heavy atom. The van der Waals surface area contributed by atoms with Crippen molar-refractivity contribution in [3.8, 4) is 23.0 Å². The molecule has 0 radical (unpaired) electrons. The minimum Gasteiger partial charge on any atom is -0.506 e. The van der Waals surface area contributed by atoms with E-state index in [0.29, 0.717) is 28.4 Å². The van der Waals surface area contributed by atoms with Crippen LogP contribution in [0.15, 0.2) is 36.4 Å². The van der Waals surface area contributed by atoms with Gasteiger partial charge in [-0.15, -0.1) is 0 Å². The first-order valence-electron chi connectivity index (χ1n) is 10.1. The summed E-state index contributed by atoms with van der Waals surface area (Å²) in [7, 11) is 6.66. The number of methoxy groups -OCH3 is 3. The van der Waals surface area contributed by atoms with Crippen LogP contribution >= 0.6 is 0 Å². The molecule has 0 amide bonds. The van der Waals surface area contributed by atoms with Crippen molar-refractivity contribution in [1.82, 2.24) is 4.90 Å². The molecule has 2 aromatic rings. The van der Waals surface area contributed by atoms with E-state index in [1.807, 2.05) is 19.1 Å². The lowest BCUT2D eigenvalue weighted by Crippen LogP contribution is -2.24. The van der Waals surface area contributed by atoms with Gasteiger partial charge in [-0.1, -0.05) is 18.2 Å². The summed E-state index contributed by atoms with van der Waals surface area (Å²) in [5.74, 6) is 1.06. The van der Waals surface area contributed by atoms with E-state index in [1.165, 1.54) is 13.2 Å². The molecule has 0 unspecified atom stereocenters. The second-order valence-electron chi connectivity index (χ2n) is 7.52. The summed E-state index contributed by atoms with van der Waals surface area (Å²) in [5.41, 5.74) is 3.48. The van der Waals surface area contributed by atoms with Gasteiger partial charge in [0.2, 0.25) is 0 Å². The number of phenolic OH excluding ortho intramolecular Hbond substituents is 1. The lowest BCUT2D eigenvalue weighted by Gasteiger charge is -2.24. The number of carbonyl (C=O) groups excluding carboxylic acids is 1. The van der Waals surface area contributed by atoms with Crippen molar-refractivity contribution in [2.24, 2.45) is 0 Å². The van der Waals surface area contributed by atoms with Crippen molar-refractivity contribution < 1.29 is 24.1 Å². The van der Waals surface area contributed by atoms with E-state index >= 15 is 0 Å². The highest BCUT2D eigenvalue weighted by Crippen LogP contribution is 2.40. The van der Waals surface area contributed by atoms with Crippen LogP contribution in [-0.2, 0) is 0 Å². The molecule has 0 spiro atoms. The molecule has 164 valence electrons. The molecule has 2 aromatic carbocycles. The number of aryl methyl sites for hydroxylation is 1. The largest absolute Gasteiger partial charge is 0.506 e. The lowest BCUT2D eigenvalue weighted by molar-refractivity contribution is 0.104. The molecule has 31 heavy (non-hydrogen) atoms. The van der Waals surface area contributed by atoms with Crippen LogP contribution in [0.25, 0.3) is 11.6 Å². The Hall–Kier alpha value is -3.25. The maximum Gasteiger partial charge on any atom is 0.193 e. The van der Waals surface area contributed by atoms with Gasteiger partial charge >= 0.3 is 0 Å². The predicted octanol–water partition coefficient (Wildman–Crippen LogP) is 4.34. The van der Waals surface area contributed by atoms with E-state index in [-0.39, 0.29) is 17.1 Å². The first-order chi connectivity index (χ1) is 14.9. The summed E-state index contributed by atoms with van der Waals surface area (Å²) < 4.78 is 16.2. The van der Waals surface area contributed by atoms with Crippen molar-refractivity contribution in [2.75, 3.05) is 41.5 Å². The number of allylic oxidation sites excluding steroid dienone is 1. The molecule has 1 heterocycles. The van der Waals surface area contributed by atoms with E-state index in [9.17, 15) is 9.90 Å². The summed E-state index contributed by atoms with van der Waals surface area (Å²) in [6, 6.07) is 7.24. The molecular weight excluding hydrogens is 394 g/mol. The number of ether oxygens (including phenoxy) is 3. The Morgan fingerprint density at radius 2 is 1.87 bits per heavy atom. The molecule has 6 nitrogen and oxygen atoms in total. The molecule has 0 aliphatic carbocycles. The van der Waals surface area contributed by atoms with Crippen molar-refractivity contribution in [1.29, 1.82) is 0 Å².